The Morgan fingerprint density at radius 3 is 3.11 bits per heavy atom. The zero-order valence-electron chi connectivity index (χ0n) is 10.7. The topological polar surface area (TPSA) is 28.2 Å². The Bertz CT molecular complexity index is 489. The van der Waals surface area contributed by atoms with E-state index in [4.69, 9.17) is 0 Å². The molecule has 96 valence electrons. The Morgan fingerprint density at radius 2 is 2.33 bits per heavy atom. The van der Waals surface area contributed by atoms with E-state index in [0.29, 0.717) is 0 Å². The van der Waals surface area contributed by atoms with Crippen LogP contribution in [-0.4, -0.2) is 36.1 Å². The molecular weight excluding hydrogens is 242 g/mol. The predicted molar refractivity (Wildman–Crippen MR) is 78.3 cm³/mol. The molecule has 1 aromatic heterocycles. The lowest BCUT2D eigenvalue weighted by Gasteiger charge is -2.13. The first-order chi connectivity index (χ1) is 8.85. The first-order valence-corrected chi connectivity index (χ1v) is 7.48. The van der Waals surface area contributed by atoms with Crippen molar-refractivity contribution in [3.8, 4) is 0 Å². The lowest BCUT2D eigenvalue weighted by molar-refractivity contribution is 0.345. The van der Waals surface area contributed by atoms with Crippen molar-refractivity contribution in [3.05, 3.63) is 24.3 Å². The summed E-state index contributed by atoms with van der Waals surface area (Å²) >= 11 is 1.75. The van der Waals surface area contributed by atoms with Crippen LogP contribution >= 0.6 is 11.3 Å². The molecule has 0 bridgehead atoms. The van der Waals surface area contributed by atoms with Gasteiger partial charge in [0.15, 0.2) is 5.13 Å². The average Bonchev–Trinajstić information content (AvgIpc) is 3.02. The van der Waals surface area contributed by atoms with Gasteiger partial charge in [-0.2, -0.15) is 0 Å². The Morgan fingerprint density at radius 1 is 1.44 bits per heavy atom. The van der Waals surface area contributed by atoms with Crippen molar-refractivity contribution >= 4 is 26.7 Å². The zero-order valence-corrected chi connectivity index (χ0v) is 11.5. The summed E-state index contributed by atoms with van der Waals surface area (Å²) in [5, 5.41) is 4.56. The summed E-state index contributed by atoms with van der Waals surface area (Å²) in [6.45, 7) is 6.95. The summed E-state index contributed by atoms with van der Waals surface area (Å²) in [7, 11) is 0. The SMILES string of the molecule is CCN1CCC(CNc2nc3ccccc3s2)C1. The van der Waals surface area contributed by atoms with Crippen molar-refractivity contribution in [3.63, 3.8) is 0 Å². The molecule has 0 radical (unpaired) electrons. The Labute approximate surface area is 112 Å². The van der Waals surface area contributed by atoms with Crippen LogP contribution in [0.25, 0.3) is 10.2 Å². The predicted octanol–water partition coefficient (Wildman–Crippen LogP) is 3.05. The number of benzene rings is 1. The molecule has 3 nitrogen and oxygen atoms in total. The summed E-state index contributed by atoms with van der Waals surface area (Å²) in [5.74, 6) is 0.775. The first-order valence-electron chi connectivity index (χ1n) is 6.67. The minimum Gasteiger partial charge on any atom is -0.361 e. The van der Waals surface area contributed by atoms with Gasteiger partial charge in [0, 0.05) is 13.1 Å². The molecule has 4 heteroatoms. The van der Waals surface area contributed by atoms with Crippen molar-refractivity contribution in [2.24, 2.45) is 5.92 Å². The molecule has 0 saturated carbocycles. The van der Waals surface area contributed by atoms with Crippen LogP contribution in [0.1, 0.15) is 13.3 Å². The summed E-state index contributed by atoms with van der Waals surface area (Å²) in [6.07, 6.45) is 1.31. The second kappa shape index (κ2) is 5.24. The monoisotopic (exact) mass is 261 g/mol. The maximum Gasteiger partial charge on any atom is 0.183 e. The number of rotatable bonds is 4. The van der Waals surface area contributed by atoms with Crippen molar-refractivity contribution in [1.29, 1.82) is 0 Å². The second-order valence-electron chi connectivity index (χ2n) is 4.92. The van der Waals surface area contributed by atoms with Gasteiger partial charge in [-0.25, -0.2) is 4.98 Å². The van der Waals surface area contributed by atoms with Crippen molar-refractivity contribution in [1.82, 2.24) is 9.88 Å². The fourth-order valence-corrected chi connectivity index (χ4v) is 3.42. The Hall–Kier alpha value is -1.13. The Kier molecular flexibility index (Phi) is 3.48. The van der Waals surface area contributed by atoms with Crippen molar-refractivity contribution < 1.29 is 0 Å². The van der Waals surface area contributed by atoms with Gasteiger partial charge in [-0.05, 0) is 37.6 Å². The van der Waals surface area contributed by atoms with E-state index in [2.05, 4.69) is 40.3 Å². The summed E-state index contributed by atoms with van der Waals surface area (Å²) in [6, 6.07) is 8.32. The largest absolute Gasteiger partial charge is 0.361 e. The fraction of sp³-hybridized carbons (Fsp3) is 0.500. The third kappa shape index (κ3) is 2.49. The highest BCUT2D eigenvalue weighted by molar-refractivity contribution is 7.22. The third-order valence-corrected chi connectivity index (χ3v) is 4.65. The summed E-state index contributed by atoms with van der Waals surface area (Å²) in [4.78, 5) is 7.13. The van der Waals surface area contributed by atoms with Crippen LogP contribution in [0.4, 0.5) is 5.13 Å². The number of fused-ring (bicyclic) bond motifs is 1. The number of aromatic nitrogens is 1. The number of nitrogens with one attached hydrogen (secondary N) is 1. The van der Waals surface area contributed by atoms with Gasteiger partial charge in [0.2, 0.25) is 0 Å². The molecule has 1 aliphatic rings. The van der Waals surface area contributed by atoms with E-state index in [1.54, 1.807) is 11.3 Å². The molecular formula is C14H19N3S. The molecule has 2 aromatic rings. The molecule has 1 atom stereocenters. The lowest BCUT2D eigenvalue weighted by Crippen LogP contribution is -2.22. The van der Waals surface area contributed by atoms with Gasteiger partial charge in [0.25, 0.3) is 0 Å². The fourth-order valence-electron chi connectivity index (χ4n) is 2.55. The number of thiazole rings is 1. The van der Waals surface area contributed by atoms with Crippen LogP contribution < -0.4 is 5.32 Å². The minimum atomic E-state index is 0.775. The van der Waals surface area contributed by atoms with Crippen LogP contribution in [-0.2, 0) is 0 Å². The summed E-state index contributed by atoms with van der Waals surface area (Å²) in [5.41, 5.74) is 1.10. The van der Waals surface area contributed by atoms with Gasteiger partial charge in [0.05, 0.1) is 10.2 Å². The number of hydrogen-bond donors (Lipinski definition) is 1. The molecule has 0 spiro atoms. The lowest BCUT2D eigenvalue weighted by atomic mass is 10.1. The second-order valence-corrected chi connectivity index (χ2v) is 5.95. The third-order valence-electron chi connectivity index (χ3n) is 3.65. The van der Waals surface area contributed by atoms with Gasteiger partial charge in [0.1, 0.15) is 0 Å². The standard InChI is InChI=1S/C14H19N3S/c1-2-17-8-7-11(10-17)9-15-14-16-12-5-3-4-6-13(12)18-14/h3-6,11H,2,7-10H2,1H3,(H,15,16). The van der Waals surface area contributed by atoms with Gasteiger partial charge in [-0.3, -0.25) is 0 Å². The maximum atomic E-state index is 4.61. The molecule has 1 saturated heterocycles. The normalized spacial score (nSPS) is 20.6. The number of likely N-dealkylation sites (tertiary alicyclic amines) is 1. The van der Waals surface area contributed by atoms with Crippen LogP contribution in [0.2, 0.25) is 0 Å². The van der Waals surface area contributed by atoms with E-state index in [0.717, 1.165) is 23.1 Å². The number of para-hydroxylation sites is 1. The van der Waals surface area contributed by atoms with E-state index >= 15 is 0 Å². The van der Waals surface area contributed by atoms with E-state index in [1.165, 1.54) is 30.8 Å². The van der Waals surface area contributed by atoms with Crippen LogP contribution in [0.3, 0.4) is 0 Å². The smallest absolute Gasteiger partial charge is 0.183 e. The highest BCUT2D eigenvalue weighted by atomic mass is 32.1. The van der Waals surface area contributed by atoms with Gasteiger partial charge >= 0.3 is 0 Å². The molecule has 0 amide bonds. The molecule has 1 unspecified atom stereocenters. The first kappa shape index (κ1) is 11.9. The molecule has 1 aliphatic heterocycles. The summed E-state index contributed by atoms with van der Waals surface area (Å²) < 4.78 is 1.27. The van der Waals surface area contributed by atoms with Crippen LogP contribution in [0, 0.1) is 5.92 Å². The van der Waals surface area contributed by atoms with E-state index in [9.17, 15) is 0 Å². The highest BCUT2D eigenvalue weighted by Gasteiger charge is 2.20. The number of nitrogens with zero attached hydrogens (tertiary/aromatic N) is 2. The Balaban J connectivity index is 1.60. The zero-order chi connectivity index (χ0) is 12.4. The number of anilines is 1. The number of hydrogen-bond acceptors (Lipinski definition) is 4. The van der Waals surface area contributed by atoms with Gasteiger partial charge < -0.3 is 10.2 Å². The molecule has 18 heavy (non-hydrogen) atoms. The van der Waals surface area contributed by atoms with Crippen molar-refractivity contribution in [2.45, 2.75) is 13.3 Å². The van der Waals surface area contributed by atoms with E-state index in [-0.39, 0.29) is 0 Å². The maximum absolute atomic E-state index is 4.61. The molecule has 3 rings (SSSR count). The molecule has 1 fully saturated rings. The van der Waals surface area contributed by atoms with Crippen LogP contribution in [0.15, 0.2) is 24.3 Å². The molecule has 2 heterocycles. The minimum absolute atomic E-state index is 0.775. The van der Waals surface area contributed by atoms with Gasteiger partial charge in [-0.1, -0.05) is 30.4 Å². The van der Waals surface area contributed by atoms with E-state index in [1.807, 2.05) is 6.07 Å². The van der Waals surface area contributed by atoms with Crippen LogP contribution in [0.5, 0.6) is 0 Å². The molecule has 1 N–H and O–H groups in total. The highest BCUT2D eigenvalue weighted by Crippen LogP contribution is 2.26. The quantitative estimate of drug-likeness (QED) is 0.917. The van der Waals surface area contributed by atoms with E-state index < -0.39 is 0 Å². The molecule has 0 aliphatic carbocycles. The average molecular weight is 261 g/mol. The van der Waals surface area contributed by atoms with Gasteiger partial charge in [-0.15, -0.1) is 0 Å². The van der Waals surface area contributed by atoms with Crippen molar-refractivity contribution in [2.75, 3.05) is 31.5 Å². The molecule has 1 aromatic carbocycles.